The molecule has 18 rings (SSSR count). The van der Waals surface area contributed by atoms with Gasteiger partial charge in [-0.1, -0.05) is 19.3 Å². The van der Waals surface area contributed by atoms with E-state index < -0.39 is 0 Å². The van der Waals surface area contributed by atoms with Gasteiger partial charge in [0.15, 0.2) is 0 Å². The minimum Gasteiger partial charge on any atom is -0.316 e. The molecule has 7 nitrogen and oxygen atoms in total. The quantitative estimate of drug-likeness (QED) is 0.131. The molecular formula is C54H99N7. The van der Waals surface area contributed by atoms with Crippen molar-refractivity contribution >= 4 is 0 Å². The summed E-state index contributed by atoms with van der Waals surface area (Å²) in [4.78, 5) is 0. The molecule has 16 bridgehead atoms. The maximum absolute atomic E-state index is 3.71. The Labute approximate surface area is 376 Å². The molecule has 7 heteroatoms. The maximum Gasteiger partial charge on any atom is 0.00749 e. The number of hydrogen-bond acceptors (Lipinski definition) is 7. The Hall–Kier alpha value is -0.280. The molecular weight excluding hydrogens is 747 g/mol. The van der Waals surface area contributed by atoms with E-state index in [1.165, 1.54) is 238 Å². The van der Waals surface area contributed by atoms with Gasteiger partial charge in [-0.2, -0.15) is 0 Å². The zero-order chi connectivity index (χ0) is 41.1. The van der Waals surface area contributed by atoms with Crippen molar-refractivity contribution in [3.8, 4) is 0 Å². The largest absolute Gasteiger partial charge is 0.316 e. The van der Waals surface area contributed by atoms with Gasteiger partial charge >= 0.3 is 0 Å². The van der Waals surface area contributed by atoms with Crippen LogP contribution in [0.5, 0.6) is 0 Å². The van der Waals surface area contributed by atoms with E-state index in [0.29, 0.717) is 0 Å². The smallest absolute Gasteiger partial charge is 0.00749 e. The van der Waals surface area contributed by atoms with Crippen LogP contribution in [0.1, 0.15) is 199 Å². The Morgan fingerprint density at radius 2 is 0.590 bits per heavy atom. The van der Waals surface area contributed by atoms with E-state index in [9.17, 15) is 0 Å². The minimum absolute atomic E-state index is 0.892. The van der Waals surface area contributed by atoms with Gasteiger partial charge in [0, 0.05) is 42.3 Å². The minimum atomic E-state index is 0.892. The van der Waals surface area contributed by atoms with Crippen LogP contribution in [0.15, 0.2) is 0 Å². The topological polar surface area (TPSA) is 84.2 Å². The van der Waals surface area contributed by atoms with E-state index in [0.717, 1.165) is 95.6 Å². The molecule has 18 fully saturated rings. The Morgan fingerprint density at radius 1 is 0.213 bits per heavy atom. The molecule has 350 valence electrons. The fourth-order valence-electron chi connectivity index (χ4n) is 15.9. The highest BCUT2D eigenvalue weighted by atomic mass is 15.0. The lowest BCUT2D eigenvalue weighted by atomic mass is 9.65. The fourth-order valence-corrected chi connectivity index (χ4v) is 15.9. The van der Waals surface area contributed by atoms with E-state index >= 15 is 0 Å². The summed E-state index contributed by atoms with van der Waals surface area (Å²) in [5, 5.41) is 24.9. The summed E-state index contributed by atoms with van der Waals surface area (Å²) in [5.74, 6) is 9.64. The molecule has 0 aromatic carbocycles. The number of rotatable bonds is 0. The van der Waals surface area contributed by atoms with Crippen LogP contribution in [0.4, 0.5) is 0 Å². The van der Waals surface area contributed by atoms with Crippen molar-refractivity contribution in [1.82, 2.24) is 37.2 Å². The second-order valence-corrected chi connectivity index (χ2v) is 24.3. The third kappa shape index (κ3) is 14.6. The van der Waals surface area contributed by atoms with E-state index in [4.69, 9.17) is 0 Å². The van der Waals surface area contributed by atoms with Crippen LogP contribution in [-0.4, -0.2) is 88.1 Å². The van der Waals surface area contributed by atoms with Crippen molar-refractivity contribution in [2.45, 2.75) is 241 Å². The molecule has 61 heavy (non-hydrogen) atoms. The zero-order valence-electron chi connectivity index (χ0n) is 39.6. The van der Waals surface area contributed by atoms with Crippen molar-refractivity contribution in [3.05, 3.63) is 0 Å². The lowest BCUT2D eigenvalue weighted by molar-refractivity contribution is 0.0604. The molecule has 10 saturated heterocycles. The van der Waals surface area contributed by atoms with Gasteiger partial charge in [-0.3, -0.25) is 0 Å². The van der Waals surface area contributed by atoms with Crippen LogP contribution in [0.2, 0.25) is 0 Å². The summed E-state index contributed by atoms with van der Waals surface area (Å²) < 4.78 is 0. The van der Waals surface area contributed by atoms with Gasteiger partial charge in [0.05, 0.1) is 0 Å². The molecule has 8 atom stereocenters. The van der Waals surface area contributed by atoms with Crippen LogP contribution in [-0.2, 0) is 0 Å². The predicted molar refractivity (Wildman–Crippen MR) is 257 cm³/mol. The third-order valence-electron chi connectivity index (χ3n) is 19.6. The first kappa shape index (κ1) is 45.9. The summed E-state index contributed by atoms with van der Waals surface area (Å²) in [6.45, 7) is 9.09. The third-order valence-corrected chi connectivity index (χ3v) is 19.6. The van der Waals surface area contributed by atoms with Crippen molar-refractivity contribution in [2.75, 3.05) is 45.8 Å². The lowest BCUT2D eigenvalue weighted by Crippen LogP contribution is -2.55. The molecule has 7 N–H and O–H groups in total. The molecule has 8 aliphatic carbocycles. The summed E-state index contributed by atoms with van der Waals surface area (Å²) in [5.41, 5.74) is 0. The molecule has 0 spiro atoms. The van der Waals surface area contributed by atoms with E-state index in [2.05, 4.69) is 37.2 Å². The van der Waals surface area contributed by atoms with Gasteiger partial charge in [-0.25, -0.2) is 0 Å². The Bertz CT molecular complexity index is 1050. The van der Waals surface area contributed by atoms with Crippen molar-refractivity contribution in [1.29, 1.82) is 0 Å². The van der Waals surface area contributed by atoms with Gasteiger partial charge in [0.2, 0.25) is 0 Å². The van der Waals surface area contributed by atoms with Crippen molar-refractivity contribution < 1.29 is 0 Å². The molecule has 18 aliphatic rings. The first-order chi connectivity index (χ1) is 30.1. The molecule has 0 aromatic rings. The standard InChI is InChI=1S/C9H15N.C9H17N.2C8H15N.2C7H13N.C6H11N/c1-6-2-8-4-7(1)5-9(3-6)10-8;1-2-8-4-5-9(3-1)7-10-6-8;1-3-8-4-2-7(1)5-6-9-8;1-2-7-4-5-9-8(3-1)6-7;1-3-7-4-2-6(1)5-8-7;1-2-7-5-6(1)3-4-8-7;1-2-6-3-5(1)4-7-6/h6-10H,1-5H2;8-10H,1-7H2;2*7-9H,1-6H2;2*6-8H,1-5H2;5-7H,1-4H2. The number of nitrogens with one attached hydrogen (secondary N) is 7. The van der Waals surface area contributed by atoms with Gasteiger partial charge in [-0.15, -0.1) is 0 Å². The fraction of sp³-hybridized carbons (Fsp3) is 1.00. The lowest BCUT2D eigenvalue weighted by Gasteiger charge is -2.50. The Morgan fingerprint density at radius 3 is 1.02 bits per heavy atom. The highest BCUT2D eigenvalue weighted by Crippen LogP contribution is 2.44. The Balaban J connectivity index is 0.0000000913. The molecule has 0 radical (unpaired) electrons. The molecule has 8 saturated carbocycles. The highest BCUT2D eigenvalue weighted by molar-refractivity contribution is 4.98. The van der Waals surface area contributed by atoms with E-state index in [1.807, 2.05) is 0 Å². The molecule has 0 aromatic heterocycles. The van der Waals surface area contributed by atoms with Crippen LogP contribution in [0.3, 0.4) is 0 Å². The summed E-state index contributed by atoms with van der Waals surface area (Å²) in [6, 6.07) is 6.38. The average Bonchev–Trinajstić information content (AvgIpc) is 3.76. The summed E-state index contributed by atoms with van der Waals surface area (Å²) in [6.07, 6.45) is 45.9. The predicted octanol–water partition coefficient (Wildman–Crippen LogP) is 9.46. The van der Waals surface area contributed by atoms with Crippen molar-refractivity contribution in [3.63, 3.8) is 0 Å². The van der Waals surface area contributed by atoms with Gasteiger partial charge in [0.1, 0.15) is 0 Å². The Kier molecular flexibility index (Phi) is 18.0. The van der Waals surface area contributed by atoms with Gasteiger partial charge in [-0.05, 0) is 279 Å². The van der Waals surface area contributed by atoms with Crippen LogP contribution in [0, 0.1) is 53.3 Å². The van der Waals surface area contributed by atoms with E-state index in [-0.39, 0.29) is 0 Å². The first-order valence-corrected chi connectivity index (χ1v) is 28.2. The average molecular weight is 846 g/mol. The first-order valence-electron chi connectivity index (χ1n) is 28.2. The zero-order valence-corrected chi connectivity index (χ0v) is 39.6. The maximum atomic E-state index is 3.71. The highest BCUT2D eigenvalue weighted by Gasteiger charge is 2.41. The van der Waals surface area contributed by atoms with Crippen molar-refractivity contribution in [2.24, 2.45) is 53.3 Å². The summed E-state index contributed by atoms with van der Waals surface area (Å²) >= 11 is 0. The van der Waals surface area contributed by atoms with Crippen LogP contribution in [0.25, 0.3) is 0 Å². The second-order valence-electron chi connectivity index (χ2n) is 24.3. The van der Waals surface area contributed by atoms with Gasteiger partial charge in [0.25, 0.3) is 0 Å². The number of fused-ring (bicyclic) bond motifs is 16. The van der Waals surface area contributed by atoms with Gasteiger partial charge < -0.3 is 37.2 Å². The SMILES string of the molecule is C1C2CC3CC1CC(C2)N3.C1CC2CC1CN2.C1CC2CCC(C1)CNC2.C1CC2CCC(C2)N1.C1CC2CCC(CC2)N1.C1CC2CCC1CN2.C1CC2CCNC(C1)C2. The molecule has 10 aliphatic heterocycles. The summed E-state index contributed by atoms with van der Waals surface area (Å²) in [7, 11) is 0. The number of piperidine rings is 7. The molecule has 10 heterocycles. The second kappa shape index (κ2) is 24.0. The molecule has 0 amide bonds. The number of hydrogen-bond donors (Lipinski definition) is 7. The monoisotopic (exact) mass is 846 g/mol. The normalized spacial score (nSPS) is 46.0. The molecule has 8 unspecified atom stereocenters. The van der Waals surface area contributed by atoms with E-state index in [1.54, 1.807) is 6.42 Å². The van der Waals surface area contributed by atoms with Crippen LogP contribution >= 0.6 is 0 Å². The van der Waals surface area contributed by atoms with Crippen LogP contribution < -0.4 is 37.2 Å².